The molecule has 1 aliphatic heterocycles. The fourth-order valence-corrected chi connectivity index (χ4v) is 3.02. The molecule has 0 radical (unpaired) electrons. The first-order valence-electron chi connectivity index (χ1n) is 7.55. The predicted octanol–water partition coefficient (Wildman–Crippen LogP) is 3.10. The number of imide groups is 1. The van der Waals surface area contributed by atoms with Crippen LogP contribution in [0.1, 0.15) is 32.3 Å². The van der Waals surface area contributed by atoms with Crippen molar-refractivity contribution in [3.8, 4) is 0 Å². The monoisotopic (exact) mass is 372 g/mol. The van der Waals surface area contributed by atoms with Crippen molar-refractivity contribution < 1.29 is 19.1 Å². The Morgan fingerprint density at radius 3 is 2.67 bits per heavy atom. The van der Waals surface area contributed by atoms with E-state index in [9.17, 15) is 14.4 Å². The van der Waals surface area contributed by atoms with Crippen LogP contribution in [0.25, 0.3) is 0 Å². The van der Waals surface area contributed by atoms with Crippen molar-refractivity contribution in [2.24, 2.45) is 0 Å². The van der Waals surface area contributed by atoms with Gasteiger partial charge in [0.2, 0.25) is 0 Å². The molecule has 6 nitrogen and oxygen atoms in total. The van der Waals surface area contributed by atoms with E-state index < -0.39 is 30.0 Å². The van der Waals surface area contributed by atoms with E-state index in [2.05, 4.69) is 5.32 Å². The van der Waals surface area contributed by atoms with E-state index in [0.717, 1.165) is 17.7 Å². The summed E-state index contributed by atoms with van der Waals surface area (Å²) in [5.74, 6) is -1.19. The summed E-state index contributed by atoms with van der Waals surface area (Å²) in [6.45, 7) is 3.33. The Kier molecular flexibility index (Phi) is 5.72. The van der Waals surface area contributed by atoms with Crippen molar-refractivity contribution >= 4 is 41.1 Å². The van der Waals surface area contributed by atoms with Gasteiger partial charge in [0.1, 0.15) is 12.1 Å². The normalized spacial score (nSPS) is 20.2. The molecule has 130 valence electrons. The minimum atomic E-state index is -1.36. The van der Waals surface area contributed by atoms with Crippen molar-refractivity contribution in [3.63, 3.8) is 0 Å². The number of nitrogens with one attached hydrogen (secondary N) is 1. The number of esters is 1. The molecule has 0 spiro atoms. The highest BCUT2D eigenvalue weighted by molar-refractivity contribution is 6.35. The van der Waals surface area contributed by atoms with E-state index >= 15 is 0 Å². The Morgan fingerprint density at radius 2 is 2.04 bits per heavy atom. The van der Waals surface area contributed by atoms with Crippen LogP contribution in [0.3, 0.4) is 0 Å². The SMILES string of the molecule is CCCCOC(=O)CN1C(=O)NC(C)(c2ccc(Cl)cc2Cl)C1=O. The van der Waals surface area contributed by atoms with Gasteiger partial charge in [0.15, 0.2) is 0 Å². The molecule has 1 N–H and O–H groups in total. The molecule has 0 aromatic heterocycles. The third-order valence-electron chi connectivity index (χ3n) is 3.79. The van der Waals surface area contributed by atoms with Gasteiger partial charge >= 0.3 is 12.0 Å². The number of benzene rings is 1. The number of urea groups is 1. The van der Waals surface area contributed by atoms with Gasteiger partial charge in [-0.2, -0.15) is 0 Å². The zero-order valence-corrected chi connectivity index (χ0v) is 14.9. The van der Waals surface area contributed by atoms with Crippen molar-refractivity contribution in [2.75, 3.05) is 13.2 Å². The molecule has 8 heteroatoms. The zero-order valence-electron chi connectivity index (χ0n) is 13.4. The highest BCUT2D eigenvalue weighted by atomic mass is 35.5. The molecular formula is C16H18Cl2N2O4. The predicted molar refractivity (Wildman–Crippen MR) is 89.9 cm³/mol. The first-order valence-corrected chi connectivity index (χ1v) is 8.30. The van der Waals surface area contributed by atoms with E-state index in [-0.39, 0.29) is 11.6 Å². The number of carbonyl (C=O) groups excluding carboxylic acids is 3. The van der Waals surface area contributed by atoms with E-state index in [1.807, 2.05) is 6.92 Å². The average molecular weight is 373 g/mol. The van der Waals surface area contributed by atoms with Crippen molar-refractivity contribution in [2.45, 2.75) is 32.2 Å². The zero-order chi connectivity index (χ0) is 17.9. The maximum Gasteiger partial charge on any atom is 0.326 e. The van der Waals surface area contributed by atoms with Crippen molar-refractivity contribution in [1.82, 2.24) is 10.2 Å². The van der Waals surface area contributed by atoms with Gasteiger partial charge in [-0.15, -0.1) is 0 Å². The highest BCUT2D eigenvalue weighted by Gasteiger charge is 2.50. The molecule has 0 saturated carbocycles. The molecule has 1 aliphatic rings. The molecule has 0 bridgehead atoms. The molecule has 24 heavy (non-hydrogen) atoms. The number of halogens is 2. The largest absolute Gasteiger partial charge is 0.464 e. The van der Waals surface area contributed by atoms with Gasteiger partial charge in [0, 0.05) is 15.6 Å². The fourth-order valence-electron chi connectivity index (χ4n) is 2.42. The smallest absolute Gasteiger partial charge is 0.326 e. The number of ether oxygens (including phenoxy) is 1. The van der Waals surface area contributed by atoms with Crippen LogP contribution in [-0.4, -0.2) is 36.0 Å². The summed E-state index contributed by atoms with van der Waals surface area (Å²) < 4.78 is 5.00. The lowest BCUT2D eigenvalue weighted by Gasteiger charge is -2.23. The number of hydrogen-bond acceptors (Lipinski definition) is 4. The number of hydrogen-bond donors (Lipinski definition) is 1. The molecule has 1 fully saturated rings. The summed E-state index contributed by atoms with van der Waals surface area (Å²) in [7, 11) is 0. The highest BCUT2D eigenvalue weighted by Crippen LogP contribution is 2.34. The Hall–Kier alpha value is -1.79. The number of unbranched alkanes of at least 4 members (excludes halogenated alkanes) is 1. The number of amides is 3. The van der Waals surface area contributed by atoms with Crippen LogP contribution in [0, 0.1) is 0 Å². The van der Waals surface area contributed by atoms with E-state index in [1.165, 1.54) is 13.0 Å². The number of rotatable bonds is 6. The molecule has 1 atom stereocenters. The average Bonchev–Trinajstić information content (AvgIpc) is 2.71. The first-order chi connectivity index (χ1) is 11.3. The summed E-state index contributed by atoms with van der Waals surface area (Å²) in [6, 6.07) is 3.98. The summed E-state index contributed by atoms with van der Waals surface area (Å²) in [5, 5.41) is 3.25. The van der Waals surface area contributed by atoms with Crippen LogP contribution in [0.4, 0.5) is 4.79 Å². The topological polar surface area (TPSA) is 75.7 Å². The van der Waals surface area contributed by atoms with E-state index in [0.29, 0.717) is 10.6 Å². The molecule has 1 saturated heterocycles. The summed E-state index contributed by atoms with van der Waals surface area (Å²) >= 11 is 12.0. The number of nitrogens with zero attached hydrogens (tertiary/aromatic N) is 1. The van der Waals surface area contributed by atoms with Crippen molar-refractivity contribution in [3.05, 3.63) is 33.8 Å². The second-order valence-electron chi connectivity index (χ2n) is 5.64. The van der Waals surface area contributed by atoms with Crippen LogP contribution in [0.5, 0.6) is 0 Å². The van der Waals surface area contributed by atoms with Crippen LogP contribution in [0.2, 0.25) is 10.0 Å². The fraction of sp³-hybridized carbons (Fsp3) is 0.438. The van der Waals surface area contributed by atoms with Gasteiger partial charge in [0.25, 0.3) is 5.91 Å². The third-order valence-corrected chi connectivity index (χ3v) is 4.34. The summed E-state index contributed by atoms with van der Waals surface area (Å²) in [5.41, 5.74) is -0.948. The van der Waals surface area contributed by atoms with Gasteiger partial charge in [-0.25, -0.2) is 4.79 Å². The Bertz CT molecular complexity index is 680. The lowest BCUT2D eigenvalue weighted by Crippen LogP contribution is -2.42. The lowest BCUT2D eigenvalue weighted by atomic mass is 9.92. The van der Waals surface area contributed by atoms with Gasteiger partial charge in [-0.3, -0.25) is 14.5 Å². The molecule has 1 unspecified atom stereocenters. The van der Waals surface area contributed by atoms with Gasteiger partial charge < -0.3 is 10.1 Å². The minimum Gasteiger partial charge on any atom is -0.464 e. The molecule has 2 rings (SSSR count). The van der Waals surface area contributed by atoms with Gasteiger partial charge in [0.05, 0.1) is 6.61 Å². The van der Waals surface area contributed by atoms with Crippen LogP contribution < -0.4 is 5.32 Å². The van der Waals surface area contributed by atoms with Crippen LogP contribution in [-0.2, 0) is 19.9 Å². The van der Waals surface area contributed by atoms with Crippen LogP contribution >= 0.6 is 23.2 Å². The molecule has 1 aromatic rings. The van der Waals surface area contributed by atoms with Crippen LogP contribution in [0.15, 0.2) is 18.2 Å². The second-order valence-corrected chi connectivity index (χ2v) is 6.49. The first kappa shape index (κ1) is 18.5. The summed E-state index contributed by atoms with van der Waals surface area (Å²) in [6.07, 6.45) is 1.60. The quantitative estimate of drug-likeness (QED) is 0.472. The third kappa shape index (κ3) is 3.65. The Balaban J connectivity index is 2.17. The lowest BCUT2D eigenvalue weighted by molar-refractivity contribution is -0.147. The van der Waals surface area contributed by atoms with Crippen molar-refractivity contribution in [1.29, 1.82) is 0 Å². The Morgan fingerprint density at radius 1 is 1.33 bits per heavy atom. The van der Waals surface area contributed by atoms with E-state index in [4.69, 9.17) is 27.9 Å². The molecular weight excluding hydrogens is 355 g/mol. The maximum absolute atomic E-state index is 12.7. The molecule has 1 heterocycles. The van der Waals surface area contributed by atoms with Gasteiger partial charge in [-0.05, 0) is 25.5 Å². The molecule has 1 aromatic carbocycles. The maximum atomic E-state index is 12.7. The molecule has 3 amide bonds. The number of carbonyl (C=O) groups is 3. The minimum absolute atomic E-state index is 0.256. The Labute approximate surface area is 150 Å². The second kappa shape index (κ2) is 7.40. The van der Waals surface area contributed by atoms with Gasteiger partial charge in [-0.1, -0.05) is 42.6 Å². The standard InChI is InChI=1S/C16H18Cl2N2O4/c1-3-4-7-24-13(21)9-20-14(22)16(2,19-15(20)23)11-6-5-10(17)8-12(11)18/h5-6,8H,3-4,7,9H2,1-2H3,(H,19,23). The summed E-state index contributed by atoms with van der Waals surface area (Å²) in [4.78, 5) is 37.4. The van der Waals surface area contributed by atoms with E-state index in [1.54, 1.807) is 12.1 Å². The molecule has 0 aliphatic carbocycles.